The van der Waals surface area contributed by atoms with Gasteiger partial charge in [-0.2, -0.15) is 0 Å². The Kier molecular flexibility index (Phi) is 53.0. The molecule has 0 aromatic heterocycles. The minimum Gasteiger partial charge on any atom is -0.462 e. The Hall–Kier alpha value is -4.19. The van der Waals surface area contributed by atoms with Gasteiger partial charge in [-0.15, -0.1) is 0 Å². The zero-order valence-corrected chi connectivity index (χ0v) is 44.5. The van der Waals surface area contributed by atoms with Crippen molar-refractivity contribution in [2.75, 3.05) is 13.2 Å². The van der Waals surface area contributed by atoms with E-state index in [1.54, 1.807) is 0 Å². The summed E-state index contributed by atoms with van der Waals surface area (Å²) < 4.78 is 16.8. The molecule has 0 spiro atoms. The maximum atomic E-state index is 12.8. The summed E-state index contributed by atoms with van der Waals surface area (Å²) in [7, 11) is 0. The lowest BCUT2D eigenvalue weighted by Crippen LogP contribution is -2.30. The van der Waals surface area contributed by atoms with Crippen LogP contribution in [0.5, 0.6) is 0 Å². The summed E-state index contributed by atoms with van der Waals surface area (Å²) in [5, 5.41) is 0. The van der Waals surface area contributed by atoms with Gasteiger partial charge in [0.2, 0.25) is 0 Å². The summed E-state index contributed by atoms with van der Waals surface area (Å²) in [5.74, 6) is -1.00. The molecule has 1 atom stereocenters. The van der Waals surface area contributed by atoms with E-state index in [0.717, 1.165) is 116 Å². The predicted octanol–water partition coefficient (Wildman–Crippen LogP) is 18.9. The van der Waals surface area contributed by atoms with Crippen molar-refractivity contribution in [1.82, 2.24) is 0 Å². The third kappa shape index (κ3) is 54.6. The van der Waals surface area contributed by atoms with Gasteiger partial charge >= 0.3 is 17.9 Å². The van der Waals surface area contributed by atoms with E-state index in [0.29, 0.717) is 12.8 Å². The van der Waals surface area contributed by atoms with Gasteiger partial charge in [-0.05, 0) is 122 Å². The highest BCUT2D eigenvalue weighted by molar-refractivity contribution is 5.71. The van der Waals surface area contributed by atoms with Crippen molar-refractivity contribution in [2.45, 2.75) is 245 Å². The van der Waals surface area contributed by atoms with Crippen molar-refractivity contribution in [3.63, 3.8) is 0 Å². The maximum Gasteiger partial charge on any atom is 0.306 e. The average molecular weight is 956 g/mol. The molecule has 0 aliphatic rings. The number of ether oxygens (including phenoxy) is 3. The molecule has 0 fully saturated rings. The van der Waals surface area contributed by atoms with Crippen LogP contribution in [0.4, 0.5) is 0 Å². The quantitative estimate of drug-likeness (QED) is 0.0262. The Balaban J connectivity index is 4.54. The van der Waals surface area contributed by atoms with Gasteiger partial charge in [0.05, 0.1) is 0 Å². The standard InChI is InChI=1S/C63H102O6/c1-4-7-10-13-16-19-22-25-28-31-34-37-40-43-46-49-52-55-61(64)67-58-60(69-63(66)57-54-51-48-45-42-39-36-33-30-27-24-21-18-15-12-9-6-3)59-68-62(65)56-53-50-47-44-41-38-35-32-29-26-23-20-17-14-11-8-5-2/h7,9-10,12,16,18-19,21,25-30,34,36-37,39,43,46,60H,4-6,8,11,13-15,17,20,22-24,31-33,35,38,40-42,44-45,47-59H2,1-3H3/b10-7-,12-9-,19-16-,21-18-,28-25-,29-26-,30-27-,37-34-,39-36-,46-43-/t60-/m1/s1. The first-order chi connectivity index (χ1) is 34.0. The van der Waals surface area contributed by atoms with Crippen LogP contribution in [0.3, 0.4) is 0 Å². The van der Waals surface area contributed by atoms with Gasteiger partial charge in [0.25, 0.3) is 0 Å². The molecule has 390 valence electrons. The molecule has 0 aliphatic carbocycles. The Morgan fingerprint density at radius 3 is 0.957 bits per heavy atom. The number of hydrogen-bond donors (Lipinski definition) is 0. The van der Waals surface area contributed by atoms with Gasteiger partial charge in [-0.1, -0.05) is 219 Å². The number of rotatable bonds is 49. The number of hydrogen-bond acceptors (Lipinski definition) is 6. The Morgan fingerprint density at radius 2 is 0.580 bits per heavy atom. The van der Waals surface area contributed by atoms with Gasteiger partial charge in [0, 0.05) is 19.3 Å². The van der Waals surface area contributed by atoms with Gasteiger partial charge in [0.1, 0.15) is 13.2 Å². The van der Waals surface area contributed by atoms with Crippen LogP contribution in [0.25, 0.3) is 0 Å². The molecule has 0 unspecified atom stereocenters. The maximum absolute atomic E-state index is 12.8. The summed E-state index contributed by atoms with van der Waals surface area (Å²) in [6, 6.07) is 0. The fourth-order valence-corrected chi connectivity index (χ4v) is 7.29. The summed E-state index contributed by atoms with van der Waals surface area (Å²) in [5.41, 5.74) is 0. The fourth-order valence-electron chi connectivity index (χ4n) is 7.29. The lowest BCUT2D eigenvalue weighted by Gasteiger charge is -2.18. The second-order valence-corrected chi connectivity index (χ2v) is 18.1. The van der Waals surface area contributed by atoms with Crippen LogP contribution in [0.1, 0.15) is 239 Å². The molecule has 0 radical (unpaired) electrons. The van der Waals surface area contributed by atoms with E-state index in [1.165, 1.54) is 77.0 Å². The van der Waals surface area contributed by atoms with Crippen molar-refractivity contribution in [2.24, 2.45) is 0 Å². The monoisotopic (exact) mass is 955 g/mol. The zero-order chi connectivity index (χ0) is 50.0. The second kappa shape index (κ2) is 56.4. The van der Waals surface area contributed by atoms with E-state index in [4.69, 9.17) is 14.2 Å². The largest absolute Gasteiger partial charge is 0.462 e. The average Bonchev–Trinajstić information content (AvgIpc) is 3.35. The lowest BCUT2D eigenvalue weighted by atomic mass is 10.1. The Labute approximate surface area is 424 Å². The van der Waals surface area contributed by atoms with E-state index < -0.39 is 6.10 Å². The number of esters is 3. The highest BCUT2D eigenvalue weighted by Gasteiger charge is 2.19. The number of carbonyl (C=O) groups excluding carboxylic acids is 3. The predicted molar refractivity (Wildman–Crippen MR) is 297 cm³/mol. The molecule has 0 N–H and O–H groups in total. The number of unbranched alkanes of at least 4 members (excludes halogenated alkanes) is 18. The minimum atomic E-state index is -0.820. The third-order valence-electron chi connectivity index (χ3n) is 11.4. The molecule has 0 saturated carbocycles. The molecule has 6 nitrogen and oxygen atoms in total. The molecular formula is C63H102O6. The molecule has 0 amide bonds. The summed E-state index contributed by atoms with van der Waals surface area (Å²) >= 11 is 0. The topological polar surface area (TPSA) is 78.9 Å². The van der Waals surface area contributed by atoms with Crippen molar-refractivity contribution in [1.29, 1.82) is 0 Å². The van der Waals surface area contributed by atoms with Crippen molar-refractivity contribution in [3.8, 4) is 0 Å². The van der Waals surface area contributed by atoms with E-state index in [2.05, 4.69) is 142 Å². The number of allylic oxidation sites excluding steroid dienone is 20. The molecule has 6 heteroatoms. The molecule has 0 aliphatic heterocycles. The Bertz CT molecular complexity index is 1470. The van der Waals surface area contributed by atoms with Crippen LogP contribution in [-0.4, -0.2) is 37.2 Å². The van der Waals surface area contributed by atoms with E-state index in [-0.39, 0.29) is 44.0 Å². The van der Waals surface area contributed by atoms with Crippen molar-refractivity contribution in [3.05, 3.63) is 122 Å². The van der Waals surface area contributed by atoms with Gasteiger partial charge in [0.15, 0.2) is 6.10 Å². The van der Waals surface area contributed by atoms with Crippen LogP contribution >= 0.6 is 0 Å². The molecule has 0 aromatic carbocycles. The minimum absolute atomic E-state index is 0.111. The lowest BCUT2D eigenvalue weighted by molar-refractivity contribution is -0.167. The highest BCUT2D eigenvalue weighted by atomic mass is 16.6. The molecular weight excluding hydrogens is 853 g/mol. The van der Waals surface area contributed by atoms with Crippen molar-refractivity contribution < 1.29 is 28.6 Å². The van der Waals surface area contributed by atoms with E-state index >= 15 is 0 Å². The normalized spacial score (nSPS) is 13.0. The molecule has 0 saturated heterocycles. The van der Waals surface area contributed by atoms with Gasteiger partial charge in [-0.3, -0.25) is 14.4 Å². The SMILES string of the molecule is CC/C=C\C/C=C\C/C=C\C/C=C\C/C=C\CCCC(=O)OC[C@H](COC(=O)CCCCCCCCC/C=C\CCCCCCCC)OC(=O)CCCCCC/C=C\C/C=C\C/C=C\C/C=C\CC. The number of carbonyl (C=O) groups is 3. The van der Waals surface area contributed by atoms with Crippen LogP contribution < -0.4 is 0 Å². The molecule has 0 aromatic rings. The molecule has 0 rings (SSSR count). The summed E-state index contributed by atoms with van der Waals surface area (Å²) in [6.07, 6.45) is 77.6. The van der Waals surface area contributed by atoms with Crippen molar-refractivity contribution >= 4 is 17.9 Å². The zero-order valence-electron chi connectivity index (χ0n) is 44.5. The van der Waals surface area contributed by atoms with E-state index in [9.17, 15) is 14.4 Å². The second-order valence-electron chi connectivity index (χ2n) is 18.1. The van der Waals surface area contributed by atoms with Crippen LogP contribution in [0, 0.1) is 0 Å². The smallest absolute Gasteiger partial charge is 0.306 e. The molecule has 0 heterocycles. The molecule has 0 bridgehead atoms. The summed E-state index contributed by atoms with van der Waals surface area (Å²) in [6.45, 7) is 6.33. The molecule has 69 heavy (non-hydrogen) atoms. The first-order valence-electron chi connectivity index (χ1n) is 28.0. The van der Waals surface area contributed by atoms with Gasteiger partial charge in [-0.25, -0.2) is 0 Å². The first kappa shape index (κ1) is 64.8. The van der Waals surface area contributed by atoms with E-state index in [1.807, 2.05) is 0 Å². The highest BCUT2D eigenvalue weighted by Crippen LogP contribution is 2.13. The fraction of sp³-hybridized carbons (Fsp3) is 0.635. The van der Waals surface area contributed by atoms with Gasteiger partial charge < -0.3 is 14.2 Å². The van der Waals surface area contributed by atoms with Crippen LogP contribution in [0.2, 0.25) is 0 Å². The van der Waals surface area contributed by atoms with Crippen LogP contribution in [-0.2, 0) is 28.6 Å². The third-order valence-corrected chi connectivity index (χ3v) is 11.4. The van der Waals surface area contributed by atoms with Crippen LogP contribution in [0.15, 0.2) is 122 Å². The Morgan fingerprint density at radius 1 is 0.304 bits per heavy atom. The first-order valence-corrected chi connectivity index (χ1v) is 28.0. The summed E-state index contributed by atoms with van der Waals surface area (Å²) in [4.78, 5) is 38.1.